The zero-order valence-corrected chi connectivity index (χ0v) is 13.9. The van der Waals surface area contributed by atoms with Crippen LogP contribution in [-0.2, 0) is 4.79 Å². The molecule has 1 aliphatic rings. The maximum atomic E-state index is 12.1. The molecule has 1 amide bonds. The predicted molar refractivity (Wildman–Crippen MR) is 88.1 cm³/mol. The van der Waals surface area contributed by atoms with Gasteiger partial charge in [0.25, 0.3) is 0 Å². The molecule has 1 atom stereocenters. The van der Waals surface area contributed by atoms with Gasteiger partial charge in [-0.25, -0.2) is 0 Å². The molecule has 1 N–H and O–H groups in total. The van der Waals surface area contributed by atoms with Crippen molar-refractivity contribution in [2.45, 2.75) is 24.3 Å². The van der Waals surface area contributed by atoms with Crippen LogP contribution in [0.25, 0.3) is 0 Å². The number of piperazine rings is 1. The first-order valence-electron chi connectivity index (χ1n) is 6.56. The number of nitrogens with one attached hydrogen (secondary N) is 1. The van der Waals surface area contributed by atoms with Crippen LogP contribution in [0.2, 0.25) is 5.02 Å². The molecule has 2 rings (SSSR count). The SMILES string of the molecule is C[C@H]1CNCCN1C(=O)CCSc1ccccc1Cl.Cl. The van der Waals surface area contributed by atoms with E-state index in [9.17, 15) is 4.79 Å². The largest absolute Gasteiger partial charge is 0.337 e. The Balaban J connectivity index is 0.00000200. The molecule has 0 spiro atoms. The normalized spacial score (nSPS) is 18.5. The van der Waals surface area contributed by atoms with Crippen molar-refractivity contribution in [3.05, 3.63) is 29.3 Å². The molecule has 0 bridgehead atoms. The summed E-state index contributed by atoms with van der Waals surface area (Å²) in [7, 11) is 0. The van der Waals surface area contributed by atoms with E-state index in [1.54, 1.807) is 11.8 Å². The van der Waals surface area contributed by atoms with Gasteiger partial charge in [0.05, 0.1) is 5.02 Å². The molecule has 20 heavy (non-hydrogen) atoms. The van der Waals surface area contributed by atoms with E-state index in [1.807, 2.05) is 29.2 Å². The van der Waals surface area contributed by atoms with Crippen LogP contribution < -0.4 is 5.32 Å². The molecular weight excluding hydrogens is 315 g/mol. The first-order chi connectivity index (χ1) is 9.18. The fraction of sp³-hybridized carbons (Fsp3) is 0.500. The number of benzene rings is 1. The van der Waals surface area contributed by atoms with Gasteiger partial charge in [0, 0.05) is 42.7 Å². The Bertz CT molecular complexity index is 445. The Morgan fingerprint density at radius 2 is 2.25 bits per heavy atom. The highest BCUT2D eigenvalue weighted by atomic mass is 35.5. The zero-order chi connectivity index (χ0) is 13.7. The van der Waals surface area contributed by atoms with Gasteiger partial charge in [-0.05, 0) is 19.1 Å². The average Bonchev–Trinajstić information content (AvgIpc) is 2.41. The standard InChI is InChI=1S/C14H19ClN2OS.ClH/c1-11-10-16-7-8-17(11)14(18)6-9-19-13-5-3-2-4-12(13)15;/h2-5,11,16H,6-10H2,1H3;1H/t11-;/m0./s1. The number of carbonyl (C=O) groups excluding carboxylic acids is 1. The summed E-state index contributed by atoms with van der Waals surface area (Å²) in [5.41, 5.74) is 0. The topological polar surface area (TPSA) is 32.3 Å². The first-order valence-corrected chi connectivity index (χ1v) is 7.92. The highest BCUT2D eigenvalue weighted by molar-refractivity contribution is 7.99. The van der Waals surface area contributed by atoms with Crippen LogP contribution in [0.5, 0.6) is 0 Å². The fourth-order valence-electron chi connectivity index (χ4n) is 2.17. The molecule has 112 valence electrons. The highest BCUT2D eigenvalue weighted by Gasteiger charge is 2.22. The zero-order valence-electron chi connectivity index (χ0n) is 11.5. The van der Waals surface area contributed by atoms with Gasteiger partial charge in [-0.3, -0.25) is 4.79 Å². The summed E-state index contributed by atoms with van der Waals surface area (Å²) in [5, 5.41) is 4.05. The van der Waals surface area contributed by atoms with Crippen molar-refractivity contribution in [2.75, 3.05) is 25.4 Å². The second-order valence-corrected chi connectivity index (χ2v) is 6.21. The van der Waals surface area contributed by atoms with Gasteiger partial charge in [-0.2, -0.15) is 0 Å². The summed E-state index contributed by atoms with van der Waals surface area (Å²) in [6, 6.07) is 8.05. The van der Waals surface area contributed by atoms with E-state index in [1.165, 1.54) is 0 Å². The molecule has 1 heterocycles. The van der Waals surface area contributed by atoms with E-state index in [-0.39, 0.29) is 18.3 Å². The van der Waals surface area contributed by atoms with Crippen LogP contribution in [0, 0.1) is 0 Å². The number of thioether (sulfide) groups is 1. The lowest BCUT2D eigenvalue weighted by Gasteiger charge is -2.34. The van der Waals surface area contributed by atoms with E-state index in [0.29, 0.717) is 12.5 Å². The molecule has 1 aromatic rings. The highest BCUT2D eigenvalue weighted by Crippen LogP contribution is 2.27. The van der Waals surface area contributed by atoms with Crippen LogP contribution in [0.3, 0.4) is 0 Å². The molecule has 3 nitrogen and oxygen atoms in total. The second-order valence-electron chi connectivity index (χ2n) is 4.67. The molecule has 1 aromatic carbocycles. The molecule has 1 saturated heterocycles. The third-order valence-electron chi connectivity index (χ3n) is 3.23. The van der Waals surface area contributed by atoms with Gasteiger partial charge < -0.3 is 10.2 Å². The lowest BCUT2D eigenvalue weighted by atomic mass is 10.2. The number of carbonyl (C=O) groups is 1. The number of hydrogen-bond donors (Lipinski definition) is 1. The van der Waals surface area contributed by atoms with E-state index < -0.39 is 0 Å². The Hall–Kier alpha value is -0.420. The molecule has 0 unspecified atom stereocenters. The molecular formula is C14H20Cl2N2OS. The minimum atomic E-state index is 0. The lowest BCUT2D eigenvalue weighted by Crippen LogP contribution is -2.52. The first kappa shape index (κ1) is 17.6. The minimum Gasteiger partial charge on any atom is -0.337 e. The molecule has 0 aliphatic carbocycles. The van der Waals surface area contributed by atoms with Crippen molar-refractivity contribution in [1.82, 2.24) is 10.2 Å². The summed E-state index contributed by atoms with van der Waals surface area (Å²) < 4.78 is 0. The third-order valence-corrected chi connectivity index (χ3v) is 4.75. The van der Waals surface area contributed by atoms with Crippen molar-refractivity contribution < 1.29 is 4.79 Å². The summed E-state index contributed by atoms with van der Waals surface area (Å²) >= 11 is 7.73. The van der Waals surface area contributed by atoms with Gasteiger partial charge >= 0.3 is 0 Å². The van der Waals surface area contributed by atoms with Crippen molar-refractivity contribution in [1.29, 1.82) is 0 Å². The summed E-state index contributed by atoms with van der Waals surface area (Å²) in [6.07, 6.45) is 0.570. The van der Waals surface area contributed by atoms with Gasteiger partial charge in [-0.1, -0.05) is 23.7 Å². The summed E-state index contributed by atoms with van der Waals surface area (Å²) in [6.45, 7) is 4.69. The van der Waals surface area contributed by atoms with E-state index in [2.05, 4.69) is 12.2 Å². The number of halogens is 2. The van der Waals surface area contributed by atoms with Crippen molar-refractivity contribution in [3.63, 3.8) is 0 Å². The fourth-order valence-corrected chi connectivity index (χ4v) is 3.34. The Labute approximate surface area is 135 Å². The minimum absolute atomic E-state index is 0. The van der Waals surface area contributed by atoms with Gasteiger partial charge in [0.1, 0.15) is 0 Å². The van der Waals surface area contributed by atoms with Gasteiger partial charge in [0.2, 0.25) is 5.91 Å². The molecule has 0 radical (unpaired) electrons. The average molecular weight is 335 g/mol. The Morgan fingerprint density at radius 3 is 2.95 bits per heavy atom. The molecule has 1 fully saturated rings. The number of hydrogen-bond acceptors (Lipinski definition) is 3. The maximum absolute atomic E-state index is 12.1. The monoisotopic (exact) mass is 334 g/mol. The second kappa shape index (κ2) is 8.78. The van der Waals surface area contributed by atoms with Gasteiger partial charge in [-0.15, -0.1) is 24.2 Å². The summed E-state index contributed by atoms with van der Waals surface area (Å²) in [5.74, 6) is 1.02. The number of amides is 1. The van der Waals surface area contributed by atoms with Crippen LogP contribution in [-0.4, -0.2) is 42.2 Å². The lowest BCUT2D eigenvalue weighted by molar-refractivity contribution is -0.133. The summed E-state index contributed by atoms with van der Waals surface area (Å²) in [4.78, 5) is 15.2. The van der Waals surface area contributed by atoms with Crippen LogP contribution in [0.1, 0.15) is 13.3 Å². The molecule has 0 aromatic heterocycles. The smallest absolute Gasteiger partial charge is 0.223 e. The quantitative estimate of drug-likeness (QED) is 0.859. The van der Waals surface area contributed by atoms with E-state index in [4.69, 9.17) is 11.6 Å². The van der Waals surface area contributed by atoms with Crippen LogP contribution >= 0.6 is 35.8 Å². The predicted octanol–water partition coefficient (Wildman–Crippen LogP) is 3.06. The molecule has 6 heteroatoms. The number of rotatable bonds is 4. The third kappa shape index (κ3) is 4.85. The van der Waals surface area contributed by atoms with Crippen molar-refractivity contribution >= 4 is 41.7 Å². The van der Waals surface area contributed by atoms with Crippen LogP contribution in [0.4, 0.5) is 0 Å². The molecule has 0 saturated carbocycles. The maximum Gasteiger partial charge on any atom is 0.223 e. The Kier molecular flexibility index (Phi) is 7.74. The van der Waals surface area contributed by atoms with Gasteiger partial charge in [0.15, 0.2) is 0 Å². The van der Waals surface area contributed by atoms with E-state index in [0.717, 1.165) is 35.3 Å². The van der Waals surface area contributed by atoms with Crippen LogP contribution in [0.15, 0.2) is 29.2 Å². The number of nitrogens with zero attached hydrogens (tertiary/aromatic N) is 1. The Morgan fingerprint density at radius 1 is 1.50 bits per heavy atom. The van der Waals surface area contributed by atoms with Crippen molar-refractivity contribution in [3.8, 4) is 0 Å². The van der Waals surface area contributed by atoms with Crippen molar-refractivity contribution in [2.24, 2.45) is 0 Å². The van der Waals surface area contributed by atoms with E-state index >= 15 is 0 Å². The molecule has 1 aliphatic heterocycles.